The number of hydrogen-bond acceptors (Lipinski definition) is 4. The third kappa shape index (κ3) is 5.88. The third-order valence-corrected chi connectivity index (χ3v) is 3.15. The third-order valence-electron chi connectivity index (χ3n) is 3.15. The fourth-order valence-corrected chi connectivity index (χ4v) is 2.13. The first-order valence-corrected chi connectivity index (χ1v) is 7.49. The number of nitrogens with one attached hydrogen (secondary N) is 1. The largest absolute Gasteiger partial charge is 0.383 e. The minimum atomic E-state index is 0.672. The number of rotatable bonds is 9. The molecule has 0 unspecified atom stereocenters. The molecule has 1 heterocycles. The minimum Gasteiger partial charge on any atom is -0.383 e. The van der Waals surface area contributed by atoms with E-state index in [0.29, 0.717) is 5.92 Å². The van der Waals surface area contributed by atoms with E-state index < -0.39 is 0 Å². The van der Waals surface area contributed by atoms with Gasteiger partial charge in [0.15, 0.2) is 0 Å². The molecule has 0 saturated heterocycles. The van der Waals surface area contributed by atoms with Gasteiger partial charge in [0.25, 0.3) is 0 Å². The Morgan fingerprint density at radius 3 is 2.70 bits per heavy atom. The van der Waals surface area contributed by atoms with Gasteiger partial charge in [0.05, 0.1) is 6.61 Å². The highest BCUT2D eigenvalue weighted by molar-refractivity contribution is 5.42. The van der Waals surface area contributed by atoms with Gasteiger partial charge in [0, 0.05) is 32.4 Å². The Labute approximate surface area is 123 Å². The van der Waals surface area contributed by atoms with Crippen molar-refractivity contribution in [2.24, 2.45) is 5.92 Å². The summed E-state index contributed by atoms with van der Waals surface area (Å²) in [6.45, 7) is 13.1. The molecule has 0 amide bonds. The van der Waals surface area contributed by atoms with Crippen molar-refractivity contribution in [1.82, 2.24) is 10.3 Å². The summed E-state index contributed by atoms with van der Waals surface area (Å²) in [6.07, 6.45) is 0. The Morgan fingerprint density at radius 1 is 1.35 bits per heavy atom. The zero-order valence-electron chi connectivity index (χ0n) is 13.6. The average Bonchev–Trinajstić information content (AvgIpc) is 2.38. The van der Waals surface area contributed by atoms with Crippen LogP contribution in [0.1, 0.15) is 32.0 Å². The molecule has 0 aromatic carbocycles. The Hall–Kier alpha value is -1.13. The Morgan fingerprint density at radius 2 is 2.10 bits per heavy atom. The summed E-state index contributed by atoms with van der Waals surface area (Å²) < 4.78 is 5.17. The van der Waals surface area contributed by atoms with Gasteiger partial charge >= 0.3 is 0 Å². The summed E-state index contributed by atoms with van der Waals surface area (Å²) in [4.78, 5) is 6.90. The smallest absolute Gasteiger partial charge is 0.129 e. The molecule has 0 aliphatic rings. The standard InChI is InChI=1S/C16H29N3O/c1-6-19(7-8-20-5)16-10-15(9-14(4)18-16)12-17-11-13(2)3/h9-10,13,17H,6-8,11-12H2,1-5H3. The van der Waals surface area contributed by atoms with Crippen LogP contribution in [-0.4, -0.2) is 38.3 Å². The Balaban J connectivity index is 2.73. The van der Waals surface area contributed by atoms with Crippen molar-refractivity contribution in [2.45, 2.75) is 34.2 Å². The molecule has 1 aromatic rings. The van der Waals surface area contributed by atoms with Gasteiger partial charge in [-0.2, -0.15) is 0 Å². The molecule has 114 valence electrons. The van der Waals surface area contributed by atoms with Gasteiger partial charge < -0.3 is 15.0 Å². The summed E-state index contributed by atoms with van der Waals surface area (Å²) >= 11 is 0. The highest BCUT2D eigenvalue weighted by atomic mass is 16.5. The number of pyridine rings is 1. The van der Waals surface area contributed by atoms with Crippen molar-refractivity contribution in [3.8, 4) is 0 Å². The number of aryl methyl sites for hydroxylation is 1. The van der Waals surface area contributed by atoms with E-state index in [1.807, 2.05) is 0 Å². The minimum absolute atomic E-state index is 0.672. The van der Waals surface area contributed by atoms with Crippen molar-refractivity contribution in [3.63, 3.8) is 0 Å². The fourth-order valence-electron chi connectivity index (χ4n) is 2.13. The second-order valence-corrected chi connectivity index (χ2v) is 5.57. The normalized spacial score (nSPS) is 11.1. The van der Waals surface area contributed by atoms with E-state index in [0.717, 1.165) is 44.3 Å². The monoisotopic (exact) mass is 279 g/mol. The molecule has 0 fully saturated rings. The number of ether oxygens (including phenoxy) is 1. The summed E-state index contributed by atoms with van der Waals surface area (Å²) in [5.74, 6) is 1.72. The molecule has 0 saturated carbocycles. The quantitative estimate of drug-likeness (QED) is 0.754. The lowest BCUT2D eigenvalue weighted by Gasteiger charge is -2.22. The second-order valence-electron chi connectivity index (χ2n) is 5.57. The van der Waals surface area contributed by atoms with Gasteiger partial charge in [-0.15, -0.1) is 0 Å². The molecule has 0 atom stereocenters. The number of likely N-dealkylation sites (N-methyl/N-ethyl adjacent to an activating group) is 1. The predicted octanol–water partition coefficient (Wildman–Crippen LogP) is 2.61. The van der Waals surface area contributed by atoms with E-state index in [-0.39, 0.29) is 0 Å². The average molecular weight is 279 g/mol. The van der Waals surface area contributed by atoms with Crippen LogP contribution in [0, 0.1) is 12.8 Å². The molecular formula is C16H29N3O. The maximum absolute atomic E-state index is 5.17. The van der Waals surface area contributed by atoms with Crippen LogP contribution >= 0.6 is 0 Å². The lowest BCUT2D eigenvalue weighted by atomic mass is 10.2. The van der Waals surface area contributed by atoms with E-state index in [2.05, 4.69) is 55.0 Å². The molecule has 4 nitrogen and oxygen atoms in total. The van der Waals surface area contributed by atoms with Crippen molar-refractivity contribution in [1.29, 1.82) is 0 Å². The molecule has 1 N–H and O–H groups in total. The molecule has 0 aliphatic heterocycles. The van der Waals surface area contributed by atoms with Gasteiger partial charge in [0.1, 0.15) is 5.82 Å². The summed E-state index contributed by atoms with van der Waals surface area (Å²) in [5, 5.41) is 3.48. The van der Waals surface area contributed by atoms with Crippen LogP contribution < -0.4 is 10.2 Å². The zero-order chi connectivity index (χ0) is 15.0. The van der Waals surface area contributed by atoms with Gasteiger partial charge in [-0.05, 0) is 44.0 Å². The topological polar surface area (TPSA) is 37.4 Å². The highest BCUT2D eigenvalue weighted by Crippen LogP contribution is 2.15. The first-order chi connectivity index (χ1) is 9.56. The van der Waals surface area contributed by atoms with Gasteiger partial charge in [0.2, 0.25) is 0 Å². The van der Waals surface area contributed by atoms with Gasteiger partial charge in [-0.1, -0.05) is 13.8 Å². The van der Waals surface area contributed by atoms with Gasteiger partial charge in [-0.3, -0.25) is 0 Å². The van der Waals surface area contributed by atoms with Crippen LogP contribution in [0.4, 0.5) is 5.82 Å². The first kappa shape index (κ1) is 16.9. The maximum Gasteiger partial charge on any atom is 0.129 e. The number of anilines is 1. The molecule has 0 spiro atoms. The predicted molar refractivity (Wildman–Crippen MR) is 85.3 cm³/mol. The Kier molecular flexibility index (Phi) is 7.55. The summed E-state index contributed by atoms with van der Waals surface area (Å²) in [5.41, 5.74) is 2.36. The Bertz CT molecular complexity index is 393. The molecule has 1 aromatic heterocycles. The molecule has 4 heteroatoms. The number of hydrogen-bond donors (Lipinski definition) is 1. The second kappa shape index (κ2) is 8.93. The number of methoxy groups -OCH3 is 1. The lowest BCUT2D eigenvalue weighted by Crippen LogP contribution is -2.28. The lowest BCUT2D eigenvalue weighted by molar-refractivity contribution is 0.205. The maximum atomic E-state index is 5.17. The van der Waals surface area contributed by atoms with Crippen molar-refractivity contribution in [3.05, 3.63) is 23.4 Å². The summed E-state index contributed by atoms with van der Waals surface area (Å²) in [7, 11) is 1.73. The summed E-state index contributed by atoms with van der Waals surface area (Å²) in [6, 6.07) is 4.33. The number of nitrogens with zero attached hydrogens (tertiary/aromatic N) is 2. The van der Waals surface area contributed by atoms with E-state index in [1.165, 1.54) is 5.56 Å². The zero-order valence-corrected chi connectivity index (χ0v) is 13.6. The molecule has 0 bridgehead atoms. The van der Waals surface area contributed by atoms with Crippen LogP contribution in [0.3, 0.4) is 0 Å². The van der Waals surface area contributed by atoms with Crippen molar-refractivity contribution in [2.75, 3.05) is 38.3 Å². The molecule has 0 radical (unpaired) electrons. The fraction of sp³-hybridized carbons (Fsp3) is 0.688. The number of aromatic nitrogens is 1. The van der Waals surface area contributed by atoms with Gasteiger partial charge in [-0.25, -0.2) is 4.98 Å². The van der Waals surface area contributed by atoms with Crippen LogP contribution in [0.5, 0.6) is 0 Å². The molecular weight excluding hydrogens is 250 g/mol. The van der Waals surface area contributed by atoms with E-state index >= 15 is 0 Å². The van der Waals surface area contributed by atoms with Crippen LogP contribution in [0.25, 0.3) is 0 Å². The van der Waals surface area contributed by atoms with E-state index in [4.69, 9.17) is 4.74 Å². The molecule has 20 heavy (non-hydrogen) atoms. The van der Waals surface area contributed by atoms with Crippen molar-refractivity contribution < 1.29 is 4.74 Å². The van der Waals surface area contributed by atoms with E-state index in [1.54, 1.807) is 7.11 Å². The van der Waals surface area contributed by atoms with E-state index in [9.17, 15) is 0 Å². The first-order valence-electron chi connectivity index (χ1n) is 7.49. The highest BCUT2D eigenvalue weighted by Gasteiger charge is 2.08. The molecule has 1 rings (SSSR count). The van der Waals surface area contributed by atoms with Crippen LogP contribution in [0.2, 0.25) is 0 Å². The molecule has 0 aliphatic carbocycles. The van der Waals surface area contributed by atoms with Crippen LogP contribution in [0.15, 0.2) is 12.1 Å². The van der Waals surface area contributed by atoms with Crippen LogP contribution in [-0.2, 0) is 11.3 Å². The SMILES string of the molecule is CCN(CCOC)c1cc(CNCC(C)C)cc(C)n1. The van der Waals surface area contributed by atoms with Crippen molar-refractivity contribution >= 4 is 5.82 Å².